The number of nitro groups is 3. The fourth-order valence-corrected chi connectivity index (χ4v) is 6.69. The molecule has 0 unspecified atom stereocenters. The molecule has 0 aromatic heterocycles. The maximum atomic E-state index is 11.9. The van der Waals surface area contributed by atoms with Gasteiger partial charge >= 0.3 is 17.1 Å². The maximum Gasteiger partial charge on any atom is 0.311 e. The Bertz CT molecular complexity index is 2280. The molecule has 0 amide bonds. The van der Waals surface area contributed by atoms with Crippen molar-refractivity contribution >= 4 is 17.1 Å². The minimum Gasteiger partial charge on any atom is -0.493 e. The molecule has 0 N–H and O–H groups in total. The largest absolute Gasteiger partial charge is 0.493 e. The predicted octanol–water partition coefficient (Wildman–Crippen LogP) is 9.90. The minimum atomic E-state index is -0.527. The first-order valence-electron chi connectivity index (χ1n) is 17.4. The van der Waals surface area contributed by atoms with E-state index in [1.54, 1.807) is 54.6 Å². The molecule has 0 aliphatic heterocycles. The Morgan fingerprint density at radius 2 is 0.596 bits per heavy atom. The molecule has 0 spiro atoms. The van der Waals surface area contributed by atoms with E-state index in [2.05, 4.69) is 0 Å². The summed E-state index contributed by atoms with van der Waals surface area (Å²) in [5.41, 5.74) is 4.13. The molecule has 1 aliphatic carbocycles. The van der Waals surface area contributed by atoms with Crippen molar-refractivity contribution in [3.63, 3.8) is 0 Å². The minimum absolute atomic E-state index is 0.0249. The van der Waals surface area contributed by atoms with Gasteiger partial charge in [0, 0.05) is 18.2 Å². The zero-order valence-electron chi connectivity index (χ0n) is 30.8. The first-order chi connectivity index (χ1) is 27.6. The highest BCUT2D eigenvalue weighted by Gasteiger charge is 2.26. The molecule has 0 fully saturated rings. The average Bonchev–Trinajstić information content (AvgIpc) is 3.26. The van der Waals surface area contributed by atoms with Crippen molar-refractivity contribution < 1.29 is 43.2 Å². The van der Waals surface area contributed by atoms with Crippen molar-refractivity contribution in [1.82, 2.24) is 0 Å². The molecule has 15 heteroatoms. The molecule has 0 saturated heterocycles. The molecule has 6 aromatic rings. The lowest BCUT2D eigenvalue weighted by Gasteiger charge is -2.18. The van der Waals surface area contributed by atoms with Crippen molar-refractivity contribution in [1.29, 1.82) is 0 Å². The van der Waals surface area contributed by atoms with Crippen LogP contribution in [0.1, 0.15) is 33.4 Å². The van der Waals surface area contributed by atoms with Gasteiger partial charge in [-0.3, -0.25) is 30.3 Å². The Balaban J connectivity index is 1.41. The molecule has 0 radical (unpaired) electrons. The second-order valence-corrected chi connectivity index (χ2v) is 12.8. The number of nitro benzene ring substituents is 3. The number of nitrogens with zero attached hydrogens (tertiary/aromatic N) is 3. The summed E-state index contributed by atoms with van der Waals surface area (Å²) >= 11 is 0. The van der Waals surface area contributed by atoms with Gasteiger partial charge in [0.2, 0.25) is 17.2 Å². The van der Waals surface area contributed by atoms with E-state index >= 15 is 0 Å². The lowest BCUT2D eigenvalue weighted by Crippen LogP contribution is -2.03. The van der Waals surface area contributed by atoms with Crippen LogP contribution in [0.2, 0.25) is 0 Å². The van der Waals surface area contributed by atoms with Crippen LogP contribution in [0, 0.1) is 30.3 Å². The Morgan fingerprint density at radius 3 is 0.825 bits per heavy atom. The van der Waals surface area contributed by atoms with Crippen LogP contribution in [-0.4, -0.2) is 36.1 Å². The zero-order valence-corrected chi connectivity index (χ0v) is 30.8. The number of hydrogen-bond donors (Lipinski definition) is 0. The highest BCUT2D eigenvalue weighted by Crippen LogP contribution is 2.45. The van der Waals surface area contributed by atoms with E-state index in [0.29, 0.717) is 36.5 Å². The van der Waals surface area contributed by atoms with Gasteiger partial charge in [0.05, 0.1) is 36.1 Å². The lowest BCUT2D eigenvalue weighted by atomic mass is 9.94. The molecule has 0 saturated carbocycles. The second-order valence-electron chi connectivity index (χ2n) is 12.8. The van der Waals surface area contributed by atoms with Crippen LogP contribution in [0.25, 0.3) is 0 Å². The van der Waals surface area contributed by atoms with Gasteiger partial charge in [0.1, 0.15) is 0 Å². The van der Waals surface area contributed by atoms with E-state index in [9.17, 15) is 30.3 Å². The molecule has 0 atom stereocenters. The molecule has 15 nitrogen and oxygen atoms in total. The summed E-state index contributed by atoms with van der Waals surface area (Å²) in [6.45, 7) is 0. The number of hydrogen-bond acceptors (Lipinski definition) is 12. The standard InChI is InChI=1S/C42H33N3O12/c1-52-37-19-25-16-29-23-41(56-35-14-8-5-11-32(35)44(48)49)39(54-3)21-27(29)18-30-24-42(57-36-15-9-6-12-33(36)45(50)51)38(53-2)20-26(30)17-28(25)22-40(37)55-34-13-7-4-10-31(34)43(46)47/h4-15,19-24H,16-18H2,1-3H3. The fraction of sp³-hybridized carbons (Fsp3) is 0.143. The van der Waals surface area contributed by atoms with Crippen LogP contribution >= 0.6 is 0 Å². The number of methoxy groups -OCH3 is 3. The Morgan fingerprint density at radius 1 is 0.368 bits per heavy atom. The van der Waals surface area contributed by atoms with Crippen LogP contribution in [0.15, 0.2) is 109 Å². The van der Waals surface area contributed by atoms with E-state index in [1.165, 1.54) is 57.7 Å². The van der Waals surface area contributed by atoms with Crippen LogP contribution in [0.5, 0.6) is 51.7 Å². The van der Waals surface area contributed by atoms with Gasteiger partial charge in [-0.05, 0) is 107 Å². The number of benzene rings is 6. The Hall–Kier alpha value is -7.68. The van der Waals surface area contributed by atoms with Gasteiger partial charge in [-0.2, -0.15) is 0 Å². The molecular weight excluding hydrogens is 738 g/mol. The third-order valence-electron chi connectivity index (χ3n) is 9.45. The summed E-state index contributed by atoms with van der Waals surface area (Å²) in [5, 5.41) is 35.6. The van der Waals surface area contributed by atoms with Crippen LogP contribution in [0.4, 0.5) is 17.1 Å². The summed E-state index contributed by atoms with van der Waals surface area (Å²) in [4.78, 5) is 34.0. The SMILES string of the molecule is COc1cc2c(cc1Oc1ccccc1[N+](=O)[O-])Cc1cc(OC)c(Oc3ccccc3[N+](=O)[O-])cc1Cc1cc(OC)c(Oc3ccccc3[N+](=O)[O-])cc1C2. The van der Waals surface area contributed by atoms with Crippen LogP contribution in [-0.2, 0) is 19.3 Å². The third-order valence-corrected chi connectivity index (χ3v) is 9.45. The topological polar surface area (TPSA) is 185 Å². The fourth-order valence-electron chi connectivity index (χ4n) is 6.69. The van der Waals surface area contributed by atoms with Gasteiger partial charge < -0.3 is 28.4 Å². The molecule has 288 valence electrons. The predicted molar refractivity (Wildman–Crippen MR) is 207 cm³/mol. The van der Waals surface area contributed by atoms with Crippen molar-refractivity contribution in [2.75, 3.05) is 21.3 Å². The number of fused-ring (bicyclic) bond motifs is 3. The number of para-hydroxylation sites is 6. The second kappa shape index (κ2) is 16.0. The molecule has 1 aliphatic rings. The van der Waals surface area contributed by atoms with E-state index < -0.39 is 14.8 Å². The van der Waals surface area contributed by atoms with Gasteiger partial charge in [-0.1, -0.05) is 36.4 Å². The third kappa shape index (κ3) is 7.80. The van der Waals surface area contributed by atoms with Gasteiger partial charge in [0.25, 0.3) is 0 Å². The van der Waals surface area contributed by atoms with E-state index in [0.717, 1.165) is 33.4 Å². The molecule has 6 aromatic carbocycles. The van der Waals surface area contributed by atoms with Gasteiger partial charge in [0.15, 0.2) is 34.5 Å². The highest BCUT2D eigenvalue weighted by atomic mass is 16.6. The van der Waals surface area contributed by atoms with Crippen molar-refractivity contribution in [3.05, 3.63) is 173 Å². The van der Waals surface area contributed by atoms with Crippen LogP contribution in [0.3, 0.4) is 0 Å². The first kappa shape index (κ1) is 37.6. The molecule has 0 bridgehead atoms. The summed E-state index contributed by atoms with van der Waals surface area (Å²) in [6, 6.07) is 28.8. The molecule has 0 heterocycles. The van der Waals surface area contributed by atoms with E-state index in [1.807, 2.05) is 18.2 Å². The van der Waals surface area contributed by atoms with Crippen molar-refractivity contribution in [2.45, 2.75) is 19.3 Å². The van der Waals surface area contributed by atoms with Crippen LogP contribution < -0.4 is 28.4 Å². The summed E-state index contributed by atoms with van der Waals surface area (Å²) in [7, 11) is 4.41. The first-order valence-corrected chi connectivity index (χ1v) is 17.4. The van der Waals surface area contributed by atoms with E-state index in [4.69, 9.17) is 28.4 Å². The van der Waals surface area contributed by atoms with Gasteiger partial charge in [-0.25, -0.2) is 0 Å². The average molecular weight is 772 g/mol. The quantitative estimate of drug-likeness (QED) is 0.0847. The Kier molecular flexibility index (Phi) is 10.5. The highest BCUT2D eigenvalue weighted by molar-refractivity contribution is 5.61. The zero-order chi connectivity index (χ0) is 40.2. The van der Waals surface area contributed by atoms with Gasteiger partial charge in [-0.15, -0.1) is 0 Å². The lowest BCUT2D eigenvalue weighted by molar-refractivity contribution is -0.385. The Labute approximate surface area is 325 Å². The normalized spacial score (nSPS) is 11.6. The molecule has 57 heavy (non-hydrogen) atoms. The number of rotatable bonds is 12. The van der Waals surface area contributed by atoms with Crippen molar-refractivity contribution in [2.24, 2.45) is 0 Å². The summed E-state index contributed by atoms with van der Waals surface area (Å²) in [5.74, 6) is 1.77. The molecular formula is C42H33N3O12. The monoisotopic (exact) mass is 771 g/mol. The van der Waals surface area contributed by atoms with E-state index in [-0.39, 0.29) is 51.6 Å². The maximum absolute atomic E-state index is 11.9. The molecule has 7 rings (SSSR count). The smallest absolute Gasteiger partial charge is 0.311 e. The van der Waals surface area contributed by atoms with Crippen molar-refractivity contribution in [3.8, 4) is 51.7 Å². The number of ether oxygens (including phenoxy) is 6. The summed E-state index contributed by atoms with van der Waals surface area (Å²) < 4.78 is 35.8. The summed E-state index contributed by atoms with van der Waals surface area (Å²) in [6.07, 6.45) is 0.984.